The maximum Gasteiger partial charge on any atom is 0.278 e. The van der Waals surface area contributed by atoms with E-state index < -0.39 is 10.8 Å². The first-order valence-corrected chi connectivity index (χ1v) is 6.87. The summed E-state index contributed by atoms with van der Waals surface area (Å²) in [5.74, 6) is -0.416. The van der Waals surface area contributed by atoms with Gasteiger partial charge in [-0.15, -0.1) is 0 Å². The molecule has 0 atom stereocenters. The van der Waals surface area contributed by atoms with E-state index in [2.05, 4.69) is 10.5 Å². The number of aryl methyl sites for hydroxylation is 1. The Morgan fingerprint density at radius 3 is 2.57 bits per heavy atom. The highest BCUT2D eigenvalue weighted by Gasteiger charge is 2.09. The van der Waals surface area contributed by atoms with Crippen LogP contribution in [0.4, 0.5) is 5.69 Å². The van der Waals surface area contributed by atoms with Crippen LogP contribution in [0.3, 0.4) is 0 Å². The lowest BCUT2D eigenvalue weighted by Crippen LogP contribution is -2.14. The smallest absolute Gasteiger partial charge is 0.268 e. The Hall–Kier alpha value is -3.28. The van der Waals surface area contributed by atoms with Gasteiger partial charge in [-0.3, -0.25) is 14.9 Å². The van der Waals surface area contributed by atoms with Crippen molar-refractivity contribution in [2.75, 3.05) is 0 Å². The molecule has 0 saturated heterocycles. The maximum atomic E-state index is 11.6. The molecule has 0 aliphatic rings. The molecule has 2 rings (SSSR count). The molecule has 0 aromatic heterocycles. The zero-order valence-corrected chi connectivity index (χ0v) is 12.5. The van der Waals surface area contributed by atoms with Crippen molar-refractivity contribution >= 4 is 23.9 Å². The van der Waals surface area contributed by atoms with Crippen molar-refractivity contribution < 1.29 is 9.72 Å². The molecule has 1 amide bonds. The summed E-state index contributed by atoms with van der Waals surface area (Å²) in [7, 11) is 0. The van der Waals surface area contributed by atoms with Crippen LogP contribution in [0, 0.1) is 17.0 Å². The third-order valence-electron chi connectivity index (χ3n) is 3.02. The fourth-order valence-corrected chi connectivity index (χ4v) is 1.82. The van der Waals surface area contributed by atoms with E-state index in [0.29, 0.717) is 5.56 Å². The van der Waals surface area contributed by atoms with Gasteiger partial charge in [0, 0.05) is 12.1 Å². The minimum atomic E-state index is -0.500. The van der Waals surface area contributed by atoms with Crippen LogP contribution >= 0.6 is 0 Å². The normalized spacial score (nSPS) is 11.0. The van der Waals surface area contributed by atoms with Crippen molar-refractivity contribution in [2.45, 2.75) is 6.92 Å². The van der Waals surface area contributed by atoms with Gasteiger partial charge in [-0.2, -0.15) is 5.10 Å². The summed E-state index contributed by atoms with van der Waals surface area (Å²) < 4.78 is 0. The first-order valence-electron chi connectivity index (χ1n) is 6.87. The molecule has 0 fully saturated rings. The third-order valence-corrected chi connectivity index (χ3v) is 3.02. The average molecular weight is 309 g/mol. The van der Waals surface area contributed by atoms with E-state index in [4.69, 9.17) is 0 Å². The maximum absolute atomic E-state index is 11.6. The molecule has 6 nitrogen and oxygen atoms in total. The van der Waals surface area contributed by atoms with E-state index in [1.165, 1.54) is 18.4 Å². The van der Waals surface area contributed by atoms with Gasteiger partial charge in [0.15, 0.2) is 0 Å². The van der Waals surface area contributed by atoms with Gasteiger partial charge in [0.25, 0.3) is 11.6 Å². The summed E-state index contributed by atoms with van der Waals surface area (Å²) in [5, 5.41) is 14.6. The molecule has 0 aliphatic carbocycles. The highest BCUT2D eigenvalue weighted by molar-refractivity contribution is 5.93. The molecule has 6 heteroatoms. The second kappa shape index (κ2) is 7.65. The number of benzene rings is 2. The molecule has 23 heavy (non-hydrogen) atoms. The predicted molar refractivity (Wildman–Crippen MR) is 89.0 cm³/mol. The van der Waals surface area contributed by atoms with E-state index in [-0.39, 0.29) is 5.69 Å². The van der Waals surface area contributed by atoms with Gasteiger partial charge in [-0.25, -0.2) is 5.43 Å². The van der Waals surface area contributed by atoms with E-state index in [1.807, 2.05) is 31.2 Å². The van der Waals surface area contributed by atoms with E-state index in [9.17, 15) is 14.9 Å². The molecule has 0 saturated carbocycles. The largest absolute Gasteiger partial charge is 0.278 e. The van der Waals surface area contributed by atoms with Crippen molar-refractivity contribution in [1.29, 1.82) is 0 Å². The highest BCUT2D eigenvalue weighted by Crippen LogP contribution is 2.14. The Labute approximate surface area is 133 Å². The minimum absolute atomic E-state index is 0.0688. The molecule has 0 heterocycles. The molecule has 0 unspecified atom stereocenters. The summed E-state index contributed by atoms with van der Waals surface area (Å²) >= 11 is 0. The van der Waals surface area contributed by atoms with Gasteiger partial charge in [-0.05, 0) is 24.6 Å². The number of hydrogen-bond acceptors (Lipinski definition) is 4. The Morgan fingerprint density at radius 1 is 1.17 bits per heavy atom. The second-order valence-corrected chi connectivity index (χ2v) is 4.79. The van der Waals surface area contributed by atoms with Gasteiger partial charge >= 0.3 is 0 Å². The molecular formula is C17H15N3O3. The van der Waals surface area contributed by atoms with Crippen molar-refractivity contribution in [3.8, 4) is 0 Å². The lowest BCUT2D eigenvalue weighted by molar-refractivity contribution is -0.385. The van der Waals surface area contributed by atoms with Crippen molar-refractivity contribution in [3.05, 3.63) is 81.4 Å². The lowest BCUT2D eigenvalue weighted by Gasteiger charge is -1.97. The van der Waals surface area contributed by atoms with Crippen LogP contribution in [-0.2, 0) is 4.79 Å². The number of carbonyl (C=O) groups excluding carboxylic acids is 1. The number of amides is 1. The Balaban J connectivity index is 1.96. The number of para-hydroxylation sites is 1. The molecule has 0 aliphatic heterocycles. The topological polar surface area (TPSA) is 84.6 Å². The number of hydrogen-bond donors (Lipinski definition) is 1. The molecule has 0 radical (unpaired) electrons. The standard InChI is InChI=1S/C17H15N3O3/c1-13-6-8-14(9-7-13)10-11-17(21)19-18-12-15-4-2-3-5-16(15)20(22)23/h2-12H,1H3,(H,19,21)/b11-10+,18-12-. The van der Waals surface area contributed by atoms with Gasteiger partial charge < -0.3 is 0 Å². The number of nitrogens with zero attached hydrogens (tertiary/aromatic N) is 2. The van der Waals surface area contributed by atoms with Crippen molar-refractivity contribution in [2.24, 2.45) is 5.10 Å². The summed E-state index contributed by atoms with van der Waals surface area (Å²) in [4.78, 5) is 22.0. The zero-order chi connectivity index (χ0) is 16.7. The number of hydrazone groups is 1. The van der Waals surface area contributed by atoms with Crippen molar-refractivity contribution in [3.63, 3.8) is 0 Å². The quantitative estimate of drug-likeness (QED) is 0.398. The molecule has 2 aromatic rings. The number of carbonyl (C=O) groups is 1. The van der Waals surface area contributed by atoms with E-state index >= 15 is 0 Å². The fourth-order valence-electron chi connectivity index (χ4n) is 1.82. The predicted octanol–water partition coefficient (Wildman–Crippen LogP) is 3.07. The van der Waals surface area contributed by atoms with Crippen LogP contribution in [0.25, 0.3) is 6.08 Å². The third kappa shape index (κ3) is 4.89. The first kappa shape index (κ1) is 16.1. The van der Waals surface area contributed by atoms with Gasteiger partial charge in [-0.1, -0.05) is 42.0 Å². The summed E-state index contributed by atoms with van der Waals surface area (Å²) in [6.07, 6.45) is 4.26. The van der Waals surface area contributed by atoms with E-state index in [1.54, 1.807) is 24.3 Å². The Kier molecular flexibility index (Phi) is 5.35. The van der Waals surface area contributed by atoms with Crippen LogP contribution < -0.4 is 5.43 Å². The second-order valence-electron chi connectivity index (χ2n) is 4.79. The number of rotatable bonds is 5. The number of nitro benzene ring substituents is 1. The highest BCUT2D eigenvalue weighted by atomic mass is 16.6. The van der Waals surface area contributed by atoms with Gasteiger partial charge in [0.1, 0.15) is 0 Å². The molecule has 0 bridgehead atoms. The minimum Gasteiger partial charge on any atom is -0.268 e. The molecule has 0 spiro atoms. The fraction of sp³-hybridized carbons (Fsp3) is 0.0588. The SMILES string of the molecule is Cc1ccc(/C=C/C(=O)N/N=C\c2ccccc2[N+](=O)[O-])cc1. The summed E-state index contributed by atoms with van der Waals surface area (Å²) in [5.41, 5.74) is 4.59. The Bertz CT molecular complexity index is 765. The summed E-state index contributed by atoms with van der Waals surface area (Å²) in [6, 6.07) is 13.8. The van der Waals surface area contributed by atoms with Gasteiger partial charge in [0.2, 0.25) is 0 Å². The first-order chi connectivity index (χ1) is 11.1. The van der Waals surface area contributed by atoms with Crippen LogP contribution in [0.5, 0.6) is 0 Å². The average Bonchev–Trinajstić information content (AvgIpc) is 2.54. The monoisotopic (exact) mass is 309 g/mol. The van der Waals surface area contributed by atoms with Crippen LogP contribution in [0.15, 0.2) is 59.7 Å². The Morgan fingerprint density at radius 2 is 1.87 bits per heavy atom. The lowest BCUT2D eigenvalue weighted by atomic mass is 10.1. The van der Waals surface area contributed by atoms with Gasteiger partial charge in [0.05, 0.1) is 16.7 Å². The molecular weight excluding hydrogens is 294 g/mol. The van der Waals surface area contributed by atoms with Crippen LogP contribution in [0.2, 0.25) is 0 Å². The molecule has 1 N–H and O–H groups in total. The number of nitrogens with one attached hydrogen (secondary N) is 1. The molecule has 116 valence electrons. The van der Waals surface area contributed by atoms with Crippen LogP contribution in [-0.4, -0.2) is 17.0 Å². The van der Waals surface area contributed by atoms with Crippen LogP contribution in [0.1, 0.15) is 16.7 Å². The summed E-state index contributed by atoms with van der Waals surface area (Å²) in [6.45, 7) is 1.98. The van der Waals surface area contributed by atoms with Crippen molar-refractivity contribution in [1.82, 2.24) is 5.43 Å². The zero-order valence-electron chi connectivity index (χ0n) is 12.5. The van der Waals surface area contributed by atoms with E-state index in [0.717, 1.165) is 11.1 Å². The molecule has 2 aromatic carbocycles. The number of nitro groups is 1.